The molecule has 7 nitrogen and oxygen atoms in total. The van der Waals surface area contributed by atoms with Crippen molar-refractivity contribution in [3.63, 3.8) is 0 Å². The van der Waals surface area contributed by atoms with Crippen LogP contribution in [0.3, 0.4) is 0 Å². The average Bonchev–Trinajstić information content (AvgIpc) is 3.28. The zero-order chi connectivity index (χ0) is 24.6. The van der Waals surface area contributed by atoms with E-state index in [1.807, 2.05) is 47.9 Å². The molecule has 178 valence electrons. The summed E-state index contributed by atoms with van der Waals surface area (Å²) in [5, 5.41) is 13.7. The smallest absolute Gasteiger partial charge is 0.250 e. The Morgan fingerprint density at radius 1 is 1.14 bits per heavy atom. The number of hydrazone groups is 1. The second-order valence-electron chi connectivity index (χ2n) is 7.21. The molecule has 4 aromatic rings. The van der Waals surface area contributed by atoms with Crippen molar-refractivity contribution in [3.8, 4) is 22.8 Å². The highest BCUT2D eigenvalue weighted by atomic mass is 35.5. The molecule has 0 bridgehead atoms. The lowest BCUT2D eigenvalue weighted by atomic mass is 10.2. The van der Waals surface area contributed by atoms with Crippen LogP contribution in [0.5, 0.6) is 5.75 Å². The fourth-order valence-corrected chi connectivity index (χ4v) is 4.04. The predicted molar refractivity (Wildman–Crippen MR) is 136 cm³/mol. The van der Waals surface area contributed by atoms with Crippen LogP contribution in [0.4, 0.5) is 4.39 Å². The molecule has 4 rings (SSSR count). The molecule has 3 aromatic carbocycles. The highest BCUT2D eigenvalue weighted by Crippen LogP contribution is 2.29. The van der Waals surface area contributed by atoms with Crippen molar-refractivity contribution in [3.05, 3.63) is 89.2 Å². The van der Waals surface area contributed by atoms with Crippen molar-refractivity contribution in [2.24, 2.45) is 5.10 Å². The molecule has 0 aliphatic carbocycles. The summed E-state index contributed by atoms with van der Waals surface area (Å²) in [6.45, 7) is 2.49. The number of thioether (sulfide) groups is 1. The SMILES string of the molecule is CCOc1ccc(-n2c(SCC(=O)NN=Cc3cccc(F)c3)nnc2-c2ccc(Cl)cc2)cc1. The van der Waals surface area contributed by atoms with Gasteiger partial charge in [0.05, 0.1) is 18.6 Å². The van der Waals surface area contributed by atoms with E-state index >= 15 is 0 Å². The Morgan fingerprint density at radius 2 is 1.91 bits per heavy atom. The number of carbonyl (C=O) groups excluding carboxylic acids is 1. The van der Waals surface area contributed by atoms with Crippen molar-refractivity contribution in [2.45, 2.75) is 12.1 Å². The third-order valence-electron chi connectivity index (χ3n) is 4.73. The molecule has 1 amide bonds. The van der Waals surface area contributed by atoms with Crippen LogP contribution in [0.25, 0.3) is 17.1 Å². The van der Waals surface area contributed by atoms with Crippen LogP contribution in [0.2, 0.25) is 5.02 Å². The zero-order valence-electron chi connectivity index (χ0n) is 18.7. The highest BCUT2D eigenvalue weighted by Gasteiger charge is 2.17. The Balaban J connectivity index is 1.52. The van der Waals surface area contributed by atoms with E-state index in [-0.39, 0.29) is 17.5 Å². The largest absolute Gasteiger partial charge is 0.494 e. The number of rotatable bonds is 9. The molecule has 0 spiro atoms. The molecule has 0 aliphatic heterocycles. The Bertz CT molecular complexity index is 1330. The summed E-state index contributed by atoms with van der Waals surface area (Å²) >= 11 is 7.26. The topological polar surface area (TPSA) is 81.4 Å². The van der Waals surface area contributed by atoms with Gasteiger partial charge in [0.25, 0.3) is 5.91 Å². The fraction of sp³-hybridized carbons (Fsp3) is 0.120. The van der Waals surface area contributed by atoms with Crippen LogP contribution < -0.4 is 10.2 Å². The van der Waals surface area contributed by atoms with Gasteiger partial charge >= 0.3 is 0 Å². The number of aromatic nitrogens is 3. The van der Waals surface area contributed by atoms with Gasteiger partial charge in [-0.25, -0.2) is 9.82 Å². The molecule has 0 radical (unpaired) electrons. The molecule has 10 heteroatoms. The lowest BCUT2D eigenvalue weighted by molar-refractivity contribution is -0.118. The monoisotopic (exact) mass is 509 g/mol. The van der Waals surface area contributed by atoms with Crippen LogP contribution in [0.1, 0.15) is 12.5 Å². The van der Waals surface area contributed by atoms with Gasteiger partial charge in [0.15, 0.2) is 11.0 Å². The first kappa shape index (κ1) is 24.4. The maximum Gasteiger partial charge on any atom is 0.250 e. The summed E-state index contributed by atoms with van der Waals surface area (Å²) < 4.78 is 20.7. The highest BCUT2D eigenvalue weighted by molar-refractivity contribution is 7.99. The van der Waals surface area contributed by atoms with Crippen molar-refractivity contribution < 1.29 is 13.9 Å². The van der Waals surface area contributed by atoms with Gasteiger partial charge in [-0.3, -0.25) is 9.36 Å². The minimum absolute atomic E-state index is 0.0519. The van der Waals surface area contributed by atoms with Gasteiger partial charge in [0, 0.05) is 16.3 Å². The molecule has 0 aliphatic rings. The summed E-state index contributed by atoms with van der Waals surface area (Å²) in [6.07, 6.45) is 1.38. The average molecular weight is 510 g/mol. The number of halogens is 2. The molecule has 0 unspecified atom stereocenters. The summed E-state index contributed by atoms with van der Waals surface area (Å²) in [5.41, 5.74) is 4.63. The predicted octanol–water partition coefficient (Wildman–Crippen LogP) is 5.37. The van der Waals surface area contributed by atoms with E-state index < -0.39 is 0 Å². The second kappa shape index (κ2) is 11.6. The molecule has 0 fully saturated rings. The Morgan fingerprint density at radius 3 is 2.63 bits per heavy atom. The molecule has 0 saturated carbocycles. The van der Waals surface area contributed by atoms with E-state index in [0.717, 1.165) is 17.0 Å². The van der Waals surface area contributed by atoms with Crippen molar-refractivity contribution in [2.75, 3.05) is 12.4 Å². The van der Waals surface area contributed by atoms with E-state index in [9.17, 15) is 9.18 Å². The van der Waals surface area contributed by atoms with E-state index in [1.165, 1.54) is 30.1 Å². The Hall–Kier alpha value is -3.69. The van der Waals surface area contributed by atoms with Crippen LogP contribution in [-0.2, 0) is 4.79 Å². The first-order valence-corrected chi connectivity index (χ1v) is 12.0. The summed E-state index contributed by atoms with van der Waals surface area (Å²) in [5.74, 6) is 0.703. The first-order valence-electron chi connectivity index (χ1n) is 10.7. The van der Waals surface area contributed by atoms with Crippen LogP contribution >= 0.6 is 23.4 Å². The van der Waals surface area contributed by atoms with Gasteiger partial charge in [0.2, 0.25) is 0 Å². The molecule has 0 atom stereocenters. The maximum absolute atomic E-state index is 13.3. The van der Waals surface area contributed by atoms with E-state index in [1.54, 1.807) is 24.3 Å². The third-order valence-corrected chi connectivity index (χ3v) is 5.91. The van der Waals surface area contributed by atoms with Crippen molar-refractivity contribution >= 4 is 35.5 Å². The minimum atomic E-state index is -0.374. The molecule has 1 N–H and O–H groups in total. The number of amides is 1. The Kier molecular flexibility index (Phi) is 8.12. The lowest BCUT2D eigenvalue weighted by Crippen LogP contribution is -2.20. The standard InChI is InChI=1S/C25H21ClFN5O2S/c1-2-34-22-12-10-21(11-13-22)32-24(18-6-8-19(26)9-7-18)30-31-25(32)35-16-23(33)29-28-15-17-4-3-5-20(27)14-17/h3-15H,2,16H2,1H3,(H,29,33). The number of nitrogens with zero attached hydrogens (tertiary/aromatic N) is 4. The van der Waals surface area contributed by atoms with Gasteiger partial charge in [0.1, 0.15) is 11.6 Å². The van der Waals surface area contributed by atoms with Crippen LogP contribution in [0, 0.1) is 5.82 Å². The minimum Gasteiger partial charge on any atom is -0.494 e. The van der Waals surface area contributed by atoms with Crippen molar-refractivity contribution in [1.29, 1.82) is 0 Å². The third kappa shape index (κ3) is 6.46. The summed E-state index contributed by atoms with van der Waals surface area (Å²) in [4.78, 5) is 12.3. The number of nitrogens with one attached hydrogen (secondary N) is 1. The van der Waals surface area contributed by atoms with Gasteiger partial charge in [-0.15, -0.1) is 10.2 Å². The van der Waals surface area contributed by atoms with Crippen molar-refractivity contribution in [1.82, 2.24) is 20.2 Å². The van der Waals surface area contributed by atoms with E-state index in [4.69, 9.17) is 16.3 Å². The lowest BCUT2D eigenvalue weighted by Gasteiger charge is -2.11. The maximum atomic E-state index is 13.3. The van der Waals surface area contributed by atoms with Crippen LogP contribution in [-0.4, -0.2) is 39.2 Å². The molecule has 35 heavy (non-hydrogen) atoms. The zero-order valence-corrected chi connectivity index (χ0v) is 20.3. The van der Waals surface area contributed by atoms with Gasteiger partial charge in [-0.1, -0.05) is 35.5 Å². The molecular weight excluding hydrogens is 489 g/mol. The summed E-state index contributed by atoms with van der Waals surface area (Å²) in [6, 6.07) is 20.7. The van der Waals surface area contributed by atoms with Crippen LogP contribution in [0.15, 0.2) is 83.1 Å². The number of ether oxygens (including phenoxy) is 1. The summed E-state index contributed by atoms with van der Waals surface area (Å²) in [7, 11) is 0. The van der Waals surface area contributed by atoms with E-state index in [2.05, 4.69) is 20.7 Å². The first-order chi connectivity index (χ1) is 17.0. The molecule has 0 saturated heterocycles. The Labute approximate surface area is 211 Å². The molecule has 1 aromatic heterocycles. The van der Waals surface area contributed by atoms with Gasteiger partial charge < -0.3 is 4.74 Å². The van der Waals surface area contributed by atoms with E-state index in [0.29, 0.717) is 28.2 Å². The van der Waals surface area contributed by atoms with Gasteiger partial charge in [-0.05, 0) is 73.2 Å². The fourth-order valence-electron chi connectivity index (χ4n) is 3.17. The molecule has 1 heterocycles. The van der Waals surface area contributed by atoms with Gasteiger partial charge in [-0.2, -0.15) is 5.10 Å². The number of hydrogen-bond donors (Lipinski definition) is 1. The normalized spacial score (nSPS) is 11.1. The quantitative estimate of drug-likeness (QED) is 0.186. The molecular formula is C25H21ClFN5O2S. The number of hydrogen-bond acceptors (Lipinski definition) is 6. The number of carbonyl (C=O) groups is 1. The number of benzene rings is 3. The second-order valence-corrected chi connectivity index (χ2v) is 8.59.